The zero-order valence-electron chi connectivity index (χ0n) is 11.4. The van der Waals surface area contributed by atoms with E-state index in [0.717, 1.165) is 30.7 Å². The van der Waals surface area contributed by atoms with Crippen LogP contribution < -0.4 is 11.1 Å². The van der Waals surface area contributed by atoms with Crippen LogP contribution in [0.5, 0.6) is 0 Å². The number of hydrogen-bond acceptors (Lipinski definition) is 4. The zero-order chi connectivity index (χ0) is 13.7. The summed E-state index contributed by atoms with van der Waals surface area (Å²) in [6, 6.07) is -0.390. The minimum atomic E-state index is -0.390. The molecular formula is C14H22N4O. The third kappa shape index (κ3) is 4.28. The van der Waals surface area contributed by atoms with Gasteiger partial charge in [0.15, 0.2) is 0 Å². The van der Waals surface area contributed by atoms with E-state index in [4.69, 9.17) is 5.73 Å². The lowest BCUT2D eigenvalue weighted by molar-refractivity contribution is -0.122. The van der Waals surface area contributed by atoms with E-state index in [-0.39, 0.29) is 5.91 Å². The van der Waals surface area contributed by atoms with Crippen molar-refractivity contribution in [1.82, 2.24) is 15.3 Å². The molecule has 1 fully saturated rings. The van der Waals surface area contributed by atoms with E-state index in [0.29, 0.717) is 12.5 Å². The number of nitrogens with zero attached hydrogens (tertiary/aromatic N) is 2. The molecule has 0 radical (unpaired) electrons. The van der Waals surface area contributed by atoms with Gasteiger partial charge in [0.2, 0.25) is 5.91 Å². The molecule has 0 bridgehead atoms. The van der Waals surface area contributed by atoms with Crippen LogP contribution in [0.25, 0.3) is 0 Å². The van der Waals surface area contributed by atoms with Crippen LogP contribution in [0.2, 0.25) is 0 Å². The third-order valence-corrected chi connectivity index (χ3v) is 3.32. The van der Waals surface area contributed by atoms with Gasteiger partial charge in [0.05, 0.1) is 6.04 Å². The maximum absolute atomic E-state index is 11.6. The number of nitrogens with one attached hydrogen (secondary N) is 1. The zero-order valence-corrected chi connectivity index (χ0v) is 11.4. The molecule has 1 unspecified atom stereocenters. The van der Waals surface area contributed by atoms with Crippen molar-refractivity contribution in [3.63, 3.8) is 0 Å². The molecule has 1 aromatic rings. The normalized spacial score (nSPS) is 16.1. The van der Waals surface area contributed by atoms with E-state index < -0.39 is 6.04 Å². The Morgan fingerprint density at radius 1 is 1.47 bits per heavy atom. The molecule has 0 aliphatic heterocycles. The molecule has 1 amide bonds. The number of rotatable bonds is 7. The summed E-state index contributed by atoms with van der Waals surface area (Å²) >= 11 is 0. The van der Waals surface area contributed by atoms with Gasteiger partial charge in [0, 0.05) is 24.9 Å². The number of hydrogen-bond donors (Lipinski definition) is 2. The highest BCUT2D eigenvalue weighted by molar-refractivity contribution is 5.81. The average Bonchev–Trinajstić information content (AvgIpc) is 3.24. The third-order valence-electron chi connectivity index (χ3n) is 3.32. The summed E-state index contributed by atoms with van der Waals surface area (Å²) in [5.74, 6) is 1.47. The van der Waals surface area contributed by atoms with Gasteiger partial charge in [-0.15, -0.1) is 0 Å². The molecule has 1 heterocycles. The van der Waals surface area contributed by atoms with Gasteiger partial charge in [-0.05, 0) is 31.2 Å². The average molecular weight is 262 g/mol. The molecule has 1 aliphatic rings. The Labute approximate surface area is 114 Å². The number of carbonyl (C=O) groups excluding carboxylic acids is 1. The van der Waals surface area contributed by atoms with Crippen molar-refractivity contribution in [2.24, 2.45) is 5.73 Å². The summed E-state index contributed by atoms with van der Waals surface area (Å²) in [5, 5.41) is 2.85. The molecule has 1 aromatic heterocycles. The predicted octanol–water partition coefficient (Wildman–Crippen LogP) is 1.14. The highest BCUT2D eigenvalue weighted by Crippen LogP contribution is 2.37. The first-order valence-electron chi connectivity index (χ1n) is 7.04. The molecule has 1 atom stereocenters. The maximum Gasteiger partial charge on any atom is 0.236 e. The van der Waals surface area contributed by atoms with Crippen LogP contribution in [-0.4, -0.2) is 28.5 Å². The Balaban J connectivity index is 1.71. The maximum atomic E-state index is 11.6. The molecule has 104 valence electrons. The molecule has 2 rings (SSSR count). The monoisotopic (exact) mass is 262 g/mol. The van der Waals surface area contributed by atoms with E-state index in [9.17, 15) is 4.79 Å². The van der Waals surface area contributed by atoms with E-state index in [1.807, 2.05) is 19.3 Å². The Morgan fingerprint density at radius 3 is 2.74 bits per heavy atom. The summed E-state index contributed by atoms with van der Waals surface area (Å²) in [6.45, 7) is 2.61. The first-order chi connectivity index (χ1) is 9.20. The van der Waals surface area contributed by atoms with Gasteiger partial charge in [0.25, 0.3) is 0 Å². The second-order valence-electron chi connectivity index (χ2n) is 5.16. The summed E-state index contributed by atoms with van der Waals surface area (Å²) in [5.41, 5.74) is 6.78. The van der Waals surface area contributed by atoms with Crippen LogP contribution in [0.1, 0.15) is 49.9 Å². The van der Waals surface area contributed by atoms with Gasteiger partial charge in [-0.2, -0.15) is 0 Å². The van der Waals surface area contributed by atoms with E-state index in [1.165, 1.54) is 12.8 Å². The lowest BCUT2D eigenvalue weighted by Crippen LogP contribution is -2.41. The smallest absolute Gasteiger partial charge is 0.236 e. The Morgan fingerprint density at radius 2 is 2.16 bits per heavy atom. The fraction of sp³-hybridized carbons (Fsp3) is 0.643. The van der Waals surface area contributed by atoms with Crippen molar-refractivity contribution in [2.75, 3.05) is 6.54 Å². The minimum Gasteiger partial charge on any atom is -0.354 e. The number of amides is 1. The van der Waals surface area contributed by atoms with Crippen LogP contribution >= 0.6 is 0 Å². The van der Waals surface area contributed by atoms with Crippen molar-refractivity contribution in [1.29, 1.82) is 0 Å². The van der Waals surface area contributed by atoms with Crippen LogP contribution in [0, 0.1) is 0 Å². The van der Waals surface area contributed by atoms with Crippen LogP contribution in [0.3, 0.4) is 0 Å². The summed E-state index contributed by atoms with van der Waals surface area (Å²) in [6.07, 6.45) is 8.54. The van der Waals surface area contributed by atoms with Gasteiger partial charge in [0.1, 0.15) is 5.82 Å². The fourth-order valence-electron chi connectivity index (χ4n) is 1.95. The summed E-state index contributed by atoms with van der Waals surface area (Å²) in [7, 11) is 0. The molecule has 1 saturated carbocycles. The predicted molar refractivity (Wildman–Crippen MR) is 73.6 cm³/mol. The van der Waals surface area contributed by atoms with E-state index in [2.05, 4.69) is 15.3 Å². The van der Waals surface area contributed by atoms with Crippen molar-refractivity contribution in [2.45, 2.75) is 51.0 Å². The van der Waals surface area contributed by atoms with E-state index >= 15 is 0 Å². The molecule has 0 aromatic carbocycles. The Bertz CT molecular complexity index is 414. The summed E-state index contributed by atoms with van der Waals surface area (Å²) in [4.78, 5) is 20.3. The van der Waals surface area contributed by atoms with Gasteiger partial charge < -0.3 is 11.1 Å². The molecule has 0 saturated heterocycles. The van der Waals surface area contributed by atoms with Crippen LogP contribution in [0.15, 0.2) is 12.4 Å². The van der Waals surface area contributed by atoms with Crippen LogP contribution in [0.4, 0.5) is 0 Å². The van der Waals surface area contributed by atoms with Crippen molar-refractivity contribution >= 4 is 5.91 Å². The molecule has 5 heteroatoms. The molecule has 1 aliphatic carbocycles. The number of aromatic nitrogens is 2. The molecule has 0 spiro atoms. The van der Waals surface area contributed by atoms with Crippen molar-refractivity contribution in [3.05, 3.63) is 23.8 Å². The number of nitrogens with two attached hydrogens (primary N) is 1. The topological polar surface area (TPSA) is 80.9 Å². The fourth-order valence-corrected chi connectivity index (χ4v) is 1.95. The van der Waals surface area contributed by atoms with Gasteiger partial charge in [-0.25, -0.2) is 9.97 Å². The van der Waals surface area contributed by atoms with Gasteiger partial charge >= 0.3 is 0 Å². The Hall–Kier alpha value is -1.49. The van der Waals surface area contributed by atoms with Crippen LogP contribution in [-0.2, 0) is 11.2 Å². The highest BCUT2D eigenvalue weighted by Gasteiger charge is 2.26. The number of carbonyl (C=O) groups is 1. The SMILES string of the molecule is CCCC(N)C(=O)NCCc1cnc(C2CC2)nc1. The lowest BCUT2D eigenvalue weighted by atomic mass is 10.1. The quantitative estimate of drug-likeness (QED) is 0.772. The first kappa shape index (κ1) is 13.9. The second-order valence-corrected chi connectivity index (χ2v) is 5.16. The second kappa shape index (κ2) is 6.61. The van der Waals surface area contributed by atoms with Gasteiger partial charge in [-0.3, -0.25) is 4.79 Å². The minimum absolute atomic E-state index is 0.0719. The Kier molecular flexibility index (Phi) is 4.85. The first-order valence-corrected chi connectivity index (χ1v) is 7.04. The van der Waals surface area contributed by atoms with E-state index in [1.54, 1.807) is 0 Å². The van der Waals surface area contributed by atoms with Gasteiger partial charge in [-0.1, -0.05) is 13.3 Å². The molecule has 5 nitrogen and oxygen atoms in total. The molecular weight excluding hydrogens is 240 g/mol. The largest absolute Gasteiger partial charge is 0.354 e. The van der Waals surface area contributed by atoms with Crippen molar-refractivity contribution in [3.8, 4) is 0 Å². The molecule has 19 heavy (non-hydrogen) atoms. The molecule has 3 N–H and O–H groups in total. The standard InChI is InChI=1S/C14H22N4O/c1-2-3-12(15)14(19)16-7-6-10-8-17-13(18-9-10)11-4-5-11/h8-9,11-12H,2-7,15H2,1H3,(H,16,19). The van der Waals surface area contributed by atoms with Crippen molar-refractivity contribution < 1.29 is 4.79 Å². The summed E-state index contributed by atoms with van der Waals surface area (Å²) < 4.78 is 0. The lowest BCUT2D eigenvalue weighted by Gasteiger charge is -2.10. The highest BCUT2D eigenvalue weighted by atomic mass is 16.2.